The van der Waals surface area contributed by atoms with E-state index in [1.165, 1.54) is 6.33 Å². The van der Waals surface area contributed by atoms with Crippen molar-refractivity contribution < 1.29 is 9.84 Å². The van der Waals surface area contributed by atoms with Crippen molar-refractivity contribution in [2.24, 2.45) is 0 Å². The lowest BCUT2D eigenvalue weighted by molar-refractivity contribution is 0.0992. The van der Waals surface area contributed by atoms with Crippen LogP contribution in [-0.4, -0.2) is 48.5 Å². The number of hydrogen-bond donors (Lipinski definition) is 3. The molecule has 0 bridgehead atoms. The Bertz CT molecular complexity index is 358. The van der Waals surface area contributed by atoms with Crippen molar-refractivity contribution in [1.29, 1.82) is 0 Å². The number of nitrogens with one attached hydrogen (secondary N) is 2. The van der Waals surface area contributed by atoms with Gasteiger partial charge in [0.25, 0.3) is 0 Å². The summed E-state index contributed by atoms with van der Waals surface area (Å²) >= 11 is 0. The van der Waals surface area contributed by atoms with E-state index < -0.39 is 0 Å². The van der Waals surface area contributed by atoms with E-state index in [4.69, 9.17) is 9.84 Å². The highest BCUT2D eigenvalue weighted by molar-refractivity contribution is 5.58. The molecule has 0 saturated carbocycles. The molecule has 1 aromatic heterocycles. The summed E-state index contributed by atoms with van der Waals surface area (Å²) in [5.74, 6) is 2.00. The maximum Gasteiger partial charge on any atom is 0.135 e. The molecular weight excluding hydrogens is 232 g/mol. The van der Waals surface area contributed by atoms with E-state index >= 15 is 0 Å². The fourth-order valence-electron chi connectivity index (χ4n) is 1.69. The van der Waals surface area contributed by atoms with Crippen molar-refractivity contribution in [3.8, 4) is 0 Å². The third-order valence-corrected chi connectivity index (χ3v) is 2.47. The lowest BCUT2D eigenvalue weighted by atomic mass is 10.0. The minimum Gasteiger partial charge on any atom is -0.394 e. The van der Waals surface area contributed by atoms with Crippen molar-refractivity contribution in [1.82, 2.24) is 9.97 Å². The molecule has 0 aliphatic carbocycles. The van der Waals surface area contributed by atoms with Gasteiger partial charge in [-0.2, -0.15) is 0 Å². The molecule has 18 heavy (non-hydrogen) atoms. The highest BCUT2D eigenvalue weighted by Crippen LogP contribution is 2.27. The van der Waals surface area contributed by atoms with Crippen molar-refractivity contribution >= 4 is 11.6 Å². The van der Waals surface area contributed by atoms with Gasteiger partial charge in [0, 0.05) is 19.2 Å². The molecule has 1 heterocycles. The summed E-state index contributed by atoms with van der Waals surface area (Å²) in [5, 5.41) is 14.9. The maximum atomic E-state index is 8.59. The first-order valence-electron chi connectivity index (χ1n) is 6.15. The molecule has 0 saturated heterocycles. The fraction of sp³-hybridized carbons (Fsp3) is 0.667. The number of rotatable bonds is 8. The average Bonchev–Trinajstić information content (AvgIpc) is 2.37. The van der Waals surface area contributed by atoms with Crippen LogP contribution in [0.15, 0.2) is 6.33 Å². The molecule has 0 fully saturated rings. The molecule has 6 nitrogen and oxygen atoms in total. The zero-order chi connectivity index (χ0) is 13.4. The molecule has 3 N–H and O–H groups in total. The van der Waals surface area contributed by atoms with Crippen LogP contribution in [0.5, 0.6) is 0 Å². The van der Waals surface area contributed by atoms with Gasteiger partial charge in [-0.3, -0.25) is 0 Å². The van der Waals surface area contributed by atoms with Crippen LogP contribution in [0.3, 0.4) is 0 Å². The highest BCUT2D eigenvalue weighted by atomic mass is 16.5. The molecule has 6 heteroatoms. The van der Waals surface area contributed by atoms with Crippen LogP contribution in [-0.2, 0) is 4.74 Å². The number of nitrogens with zero attached hydrogens (tertiary/aromatic N) is 2. The Balaban J connectivity index is 2.64. The normalized spacial score (nSPS) is 10.7. The fourth-order valence-corrected chi connectivity index (χ4v) is 1.69. The summed E-state index contributed by atoms with van der Waals surface area (Å²) in [7, 11) is 1.85. The third-order valence-electron chi connectivity index (χ3n) is 2.47. The van der Waals surface area contributed by atoms with Crippen LogP contribution < -0.4 is 10.6 Å². The quantitative estimate of drug-likeness (QED) is 0.602. The molecule has 0 aromatic carbocycles. The maximum absolute atomic E-state index is 8.59. The van der Waals surface area contributed by atoms with Gasteiger partial charge in [0.1, 0.15) is 18.0 Å². The largest absolute Gasteiger partial charge is 0.394 e. The van der Waals surface area contributed by atoms with Crippen molar-refractivity contribution in [2.75, 3.05) is 44.0 Å². The van der Waals surface area contributed by atoms with Crippen molar-refractivity contribution in [2.45, 2.75) is 19.8 Å². The number of hydrogen-bond acceptors (Lipinski definition) is 6. The first-order valence-corrected chi connectivity index (χ1v) is 6.15. The zero-order valence-corrected chi connectivity index (χ0v) is 11.2. The van der Waals surface area contributed by atoms with E-state index in [1.807, 2.05) is 7.05 Å². The summed E-state index contributed by atoms with van der Waals surface area (Å²) in [6, 6.07) is 0. The second-order valence-corrected chi connectivity index (χ2v) is 4.15. The molecule has 0 unspecified atom stereocenters. The summed E-state index contributed by atoms with van der Waals surface area (Å²) in [6.45, 7) is 5.82. The summed E-state index contributed by atoms with van der Waals surface area (Å²) < 4.78 is 5.19. The van der Waals surface area contributed by atoms with Gasteiger partial charge in [-0.1, -0.05) is 13.8 Å². The highest BCUT2D eigenvalue weighted by Gasteiger charge is 2.13. The smallest absolute Gasteiger partial charge is 0.135 e. The van der Waals surface area contributed by atoms with E-state index in [0.717, 1.165) is 17.2 Å². The predicted molar refractivity (Wildman–Crippen MR) is 72.1 cm³/mol. The average molecular weight is 254 g/mol. The molecule has 0 aliphatic rings. The molecule has 0 spiro atoms. The Hall–Kier alpha value is -1.40. The number of ether oxygens (including phenoxy) is 1. The second kappa shape index (κ2) is 7.84. The Kier molecular flexibility index (Phi) is 6.38. The second-order valence-electron chi connectivity index (χ2n) is 4.15. The lowest BCUT2D eigenvalue weighted by Gasteiger charge is -2.16. The van der Waals surface area contributed by atoms with Gasteiger partial charge >= 0.3 is 0 Å². The minimum atomic E-state index is 0.0503. The van der Waals surface area contributed by atoms with Gasteiger partial charge < -0.3 is 20.5 Å². The van der Waals surface area contributed by atoms with E-state index in [2.05, 4.69) is 34.4 Å². The molecule has 0 amide bonds. The molecule has 0 radical (unpaired) electrons. The Morgan fingerprint density at radius 1 is 1.28 bits per heavy atom. The Labute approximate surface area is 108 Å². The molecule has 102 valence electrons. The third kappa shape index (κ3) is 4.12. The van der Waals surface area contributed by atoms with Gasteiger partial charge in [0.15, 0.2) is 0 Å². The van der Waals surface area contributed by atoms with Crippen LogP contribution in [0.25, 0.3) is 0 Å². The molecule has 0 aliphatic heterocycles. The SMILES string of the molecule is CNc1ncnc(NCCOCCO)c1C(C)C. The first kappa shape index (κ1) is 14.7. The number of anilines is 2. The van der Waals surface area contributed by atoms with Crippen LogP contribution in [0.1, 0.15) is 25.3 Å². The summed E-state index contributed by atoms with van der Waals surface area (Å²) in [5.41, 5.74) is 1.07. The van der Waals surface area contributed by atoms with Crippen molar-refractivity contribution in [3.63, 3.8) is 0 Å². The van der Waals surface area contributed by atoms with Crippen LogP contribution >= 0.6 is 0 Å². The zero-order valence-electron chi connectivity index (χ0n) is 11.2. The van der Waals surface area contributed by atoms with E-state index in [-0.39, 0.29) is 6.61 Å². The minimum absolute atomic E-state index is 0.0503. The molecular formula is C12H22N4O2. The topological polar surface area (TPSA) is 79.3 Å². The molecule has 0 atom stereocenters. The Morgan fingerprint density at radius 3 is 2.61 bits per heavy atom. The van der Waals surface area contributed by atoms with E-state index in [1.54, 1.807) is 0 Å². The summed E-state index contributed by atoms with van der Waals surface area (Å²) in [4.78, 5) is 8.47. The van der Waals surface area contributed by atoms with Crippen molar-refractivity contribution in [3.05, 3.63) is 11.9 Å². The van der Waals surface area contributed by atoms with Gasteiger partial charge in [0.05, 0.1) is 19.8 Å². The summed E-state index contributed by atoms with van der Waals surface area (Å²) in [6.07, 6.45) is 1.54. The lowest BCUT2D eigenvalue weighted by Crippen LogP contribution is -2.15. The number of aromatic nitrogens is 2. The predicted octanol–water partition coefficient (Wildman–Crippen LogP) is 1.06. The van der Waals surface area contributed by atoms with Crippen LogP contribution in [0.2, 0.25) is 0 Å². The van der Waals surface area contributed by atoms with Crippen LogP contribution in [0.4, 0.5) is 11.6 Å². The number of aliphatic hydroxyl groups excluding tert-OH is 1. The Morgan fingerprint density at radius 2 is 2.00 bits per heavy atom. The van der Waals surface area contributed by atoms with Gasteiger partial charge in [0.2, 0.25) is 0 Å². The standard InChI is InChI=1S/C12H22N4O2/c1-9(2)10-11(13-3)15-8-16-12(10)14-4-6-18-7-5-17/h8-9,17H,4-7H2,1-3H3,(H2,13,14,15,16). The molecule has 1 rings (SSSR count). The van der Waals surface area contributed by atoms with Crippen LogP contribution in [0, 0.1) is 0 Å². The van der Waals surface area contributed by atoms with E-state index in [0.29, 0.717) is 25.7 Å². The van der Waals surface area contributed by atoms with Gasteiger partial charge in [-0.15, -0.1) is 0 Å². The first-order chi connectivity index (χ1) is 8.70. The molecule has 1 aromatic rings. The number of aliphatic hydroxyl groups is 1. The van der Waals surface area contributed by atoms with E-state index in [9.17, 15) is 0 Å². The van der Waals surface area contributed by atoms with Gasteiger partial charge in [-0.05, 0) is 5.92 Å². The monoisotopic (exact) mass is 254 g/mol. The van der Waals surface area contributed by atoms with Gasteiger partial charge in [-0.25, -0.2) is 9.97 Å².